The maximum atomic E-state index is 12.4. The second kappa shape index (κ2) is 9.89. The predicted octanol–water partition coefficient (Wildman–Crippen LogP) is 4.54. The number of aliphatic hydroxyl groups excluding tert-OH is 1. The van der Waals surface area contributed by atoms with Crippen LogP contribution in [0.25, 0.3) is 22.6 Å². The molecule has 0 fully saturated rings. The second-order valence-corrected chi connectivity index (χ2v) is 8.40. The molecular weight excluding hydrogens is 488 g/mol. The number of hydrogen-bond donors (Lipinski definition) is 3. The monoisotopic (exact) mass is 501 g/mol. The lowest BCUT2D eigenvalue weighted by atomic mass is 10.1. The number of aliphatic hydroxyl groups is 1. The van der Waals surface area contributed by atoms with Gasteiger partial charge < -0.3 is 20.3 Å². The molecule has 0 radical (unpaired) electrons. The summed E-state index contributed by atoms with van der Waals surface area (Å²) in [7, 11) is 0. The third-order valence-electron chi connectivity index (χ3n) is 4.10. The number of benzene rings is 2. The molecule has 1 heterocycles. The van der Waals surface area contributed by atoms with Gasteiger partial charge in [-0.05, 0) is 24.3 Å². The first-order chi connectivity index (χ1) is 14.7. The summed E-state index contributed by atoms with van der Waals surface area (Å²) < 4.78 is 3.02. The number of nitrogens with one attached hydrogen (secondary N) is 2. The molecule has 0 aliphatic heterocycles. The molecule has 3 rings (SSSR count). The van der Waals surface area contributed by atoms with Crippen molar-refractivity contribution in [1.29, 1.82) is 0 Å². The molecule has 2 amide bonds. The molecule has 162 valence electrons. The van der Waals surface area contributed by atoms with Crippen molar-refractivity contribution in [2.24, 2.45) is 0 Å². The highest BCUT2D eigenvalue weighted by Crippen LogP contribution is 2.36. The average Bonchev–Trinajstić information content (AvgIpc) is 3.21. The number of nitrogens with zero attached hydrogens (tertiary/aromatic N) is 1. The number of halogens is 4. The van der Waals surface area contributed by atoms with Crippen molar-refractivity contribution in [1.82, 2.24) is 10.5 Å². The quantitative estimate of drug-likeness (QED) is 0.325. The van der Waals surface area contributed by atoms with Crippen LogP contribution in [0.4, 0.5) is 5.69 Å². The van der Waals surface area contributed by atoms with Crippen molar-refractivity contribution in [2.75, 3.05) is 18.5 Å². The van der Waals surface area contributed by atoms with E-state index in [1.807, 2.05) is 0 Å². The van der Waals surface area contributed by atoms with Gasteiger partial charge in [-0.2, -0.15) is 0 Å². The van der Waals surface area contributed by atoms with Crippen molar-refractivity contribution in [3.05, 3.63) is 58.6 Å². The topological polar surface area (TPSA) is 104 Å². The minimum Gasteiger partial charge on any atom is -0.395 e. The molecule has 0 saturated heterocycles. The van der Waals surface area contributed by atoms with Crippen molar-refractivity contribution in [3.8, 4) is 22.6 Å². The van der Waals surface area contributed by atoms with E-state index < -0.39 is 16.1 Å². The summed E-state index contributed by atoms with van der Waals surface area (Å²) in [6.45, 7) is -0.413. The molecule has 0 saturated carbocycles. The van der Waals surface area contributed by atoms with Crippen LogP contribution >= 0.6 is 46.4 Å². The second-order valence-electron chi connectivity index (χ2n) is 6.26. The predicted molar refractivity (Wildman–Crippen MR) is 121 cm³/mol. The molecular formula is C20H15Cl4N3O4. The molecule has 0 aliphatic carbocycles. The molecule has 7 nitrogen and oxygen atoms in total. The molecule has 11 heteroatoms. The van der Waals surface area contributed by atoms with E-state index in [2.05, 4.69) is 15.8 Å². The highest BCUT2D eigenvalue weighted by molar-refractivity contribution is 6.68. The van der Waals surface area contributed by atoms with Gasteiger partial charge in [-0.25, -0.2) is 0 Å². The van der Waals surface area contributed by atoms with Gasteiger partial charge in [0.25, 0.3) is 16.1 Å². The third-order valence-corrected chi connectivity index (χ3v) is 5.42. The largest absolute Gasteiger partial charge is 0.395 e. The van der Waals surface area contributed by atoms with Gasteiger partial charge in [0.15, 0.2) is 5.76 Å². The van der Waals surface area contributed by atoms with E-state index in [9.17, 15) is 9.59 Å². The molecule has 0 unspecified atom stereocenters. The van der Waals surface area contributed by atoms with E-state index in [4.69, 9.17) is 56.0 Å². The van der Waals surface area contributed by atoms with Crippen LogP contribution in [0.3, 0.4) is 0 Å². The average molecular weight is 503 g/mol. The van der Waals surface area contributed by atoms with Crippen LogP contribution in [0.1, 0.15) is 0 Å². The first-order valence-corrected chi connectivity index (χ1v) is 10.3. The van der Waals surface area contributed by atoms with E-state index >= 15 is 0 Å². The molecule has 0 atom stereocenters. The molecule has 0 spiro atoms. The number of carbonyl (C=O) groups excluding carboxylic acids is 2. The Morgan fingerprint density at radius 3 is 2.39 bits per heavy atom. The zero-order valence-electron chi connectivity index (χ0n) is 15.7. The van der Waals surface area contributed by atoms with Gasteiger partial charge in [0.2, 0.25) is 0 Å². The molecule has 2 aromatic carbocycles. The normalized spacial score (nSPS) is 11.3. The van der Waals surface area contributed by atoms with E-state index in [0.29, 0.717) is 38.3 Å². The van der Waals surface area contributed by atoms with E-state index in [-0.39, 0.29) is 13.2 Å². The fourth-order valence-corrected chi connectivity index (χ4v) is 3.43. The first-order valence-electron chi connectivity index (χ1n) is 8.84. The van der Waals surface area contributed by atoms with Crippen LogP contribution in [0.2, 0.25) is 10.0 Å². The van der Waals surface area contributed by atoms with Gasteiger partial charge in [-0.1, -0.05) is 69.8 Å². The Morgan fingerprint density at radius 1 is 1.03 bits per heavy atom. The van der Waals surface area contributed by atoms with Crippen molar-refractivity contribution >= 4 is 63.9 Å². The summed E-state index contributed by atoms with van der Waals surface area (Å²) in [4.78, 5) is 24.3. The van der Waals surface area contributed by atoms with Crippen LogP contribution in [0.5, 0.6) is 0 Å². The summed E-state index contributed by atoms with van der Waals surface area (Å²) in [6, 6.07) is 13.3. The molecule has 0 aliphatic rings. The Hall–Kier alpha value is -2.29. The van der Waals surface area contributed by atoms with Crippen LogP contribution in [0.15, 0.2) is 53.1 Å². The number of alkyl halides is 2. The lowest BCUT2D eigenvalue weighted by Gasteiger charge is -2.18. The Morgan fingerprint density at radius 2 is 1.71 bits per heavy atom. The van der Waals surface area contributed by atoms with Crippen molar-refractivity contribution in [3.63, 3.8) is 0 Å². The van der Waals surface area contributed by atoms with E-state index in [1.54, 1.807) is 48.5 Å². The standard InChI is InChI=1S/C20H15Cl4N3O4/c21-13-5-2-6-14(22)17(13)15-10-16(31-27-15)11-3-1-4-12(9-11)26-19(30)20(23,24)18(29)25-7-8-28/h1-6,9-10,28H,7-8H2,(H,25,29)(H,26,30). The van der Waals surface area contributed by atoms with Gasteiger partial charge in [0.1, 0.15) is 5.69 Å². The Labute approximate surface area is 197 Å². The minimum atomic E-state index is -2.38. The number of aromatic nitrogens is 1. The molecule has 1 aromatic heterocycles. The highest BCUT2D eigenvalue weighted by Gasteiger charge is 2.42. The van der Waals surface area contributed by atoms with Crippen LogP contribution in [-0.2, 0) is 9.59 Å². The van der Waals surface area contributed by atoms with Crippen LogP contribution in [0, 0.1) is 0 Å². The molecule has 3 N–H and O–H groups in total. The summed E-state index contributed by atoms with van der Waals surface area (Å²) in [6.07, 6.45) is 0. The number of carbonyl (C=O) groups is 2. The summed E-state index contributed by atoms with van der Waals surface area (Å²) in [5, 5.41) is 18.4. The lowest BCUT2D eigenvalue weighted by molar-refractivity contribution is -0.127. The smallest absolute Gasteiger partial charge is 0.273 e. The van der Waals surface area contributed by atoms with Gasteiger partial charge in [0, 0.05) is 29.4 Å². The van der Waals surface area contributed by atoms with E-state index in [1.165, 1.54) is 0 Å². The van der Waals surface area contributed by atoms with Gasteiger partial charge in [-0.3, -0.25) is 9.59 Å². The summed E-state index contributed by atoms with van der Waals surface area (Å²) in [5.74, 6) is -1.51. The number of rotatable bonds is 7. The minimum absolute atomic E-state index is 0.0912. The Kier molecular flexibility index (Phi) is 7.46. The maximum absolute atomic E-state index is 12.4. The lowest BCUT2D eigenvalue weighted by Crippen LogP contribution is -2.47. The Bertz CT molecular complexity index is 1100. The zero-order chi connectivity index (χ0) is 22.6. The number of amides is 2. The summed E-state index contributed by atoms with van der Waals surface area (Å²) in [5.41, 5.74) is 1.88. The van der Waals surface area contributed by atoms with Gasteiger partial charge >= 0.3 is 0 Å². The highest BCUT2D eigenvalue weighted by atomic mass is 35.5. The molecule has 3 aromatic rings. The van der Waals surface area contributed by atoms with Crippen molar-refractivity contribution < 1.29 is 19.2 Å². The number of anilines is 1. The number of hydrogen-bond acceptors (Lipinski definition) is 5. The third kappa shape index (κ3) is 5.31. The fourth-order valence-electron chi connectivity index (χ4n) is 2.61. The van der Waals surface area contributed by atoms with Gasteiger partial charge in [-0.15, -0.1) is 0 Å². The first kappa shape index (κ1) is 23.4. The van der Waals surface area contributed by atoms with E-state index in [0.717, 1.165) is 0 Å². The summed E-state index contributed by atoms with van der Waals surface area (Å²) >= 11 is 24.2. The van der Waals surface area contributed by atoms with Crippen LogP contribution < -0.4 is 10.6 Å². The SMILES string of the molecule is O=C(NCCO)C(Cl)(Cl)C(=O)Nc1cccc(-c2cc(-c3c(Cl)cccc3Cl)no2)c1. The van der Waals surface area contributed by atoms with Crippen molar-refractivity contribution in [2.45, 2.75) is 4.33 Å². The molecule has 31 heavy (non-hydrogen) atoms. The molecule has 0 bridgehead atoms. The van der Waals surface area contributed by atoms with Gasteiger partial charge in [0.05, 0.1) is 16.7 Å². The zero-order valence-corrected chi connectivity index (χ0v) is 18.7. The fraction of sp³-hybridized carbons (Fsp3) is 0.150. The van der Waals surface area contributed by atoms with Crippen LogP contribution in [-0.4, -0.2) is 39.6 Å². The maximum Gasteiger partial charge on any atom is 0.273 e. The Balaban J connectivity index is 1.81.